The van der Waals surface area contributed by atoms with E-state index in [4.69, 9.17) is 19.2 Å². The van der Waals surface area contributed by atoms with E-state index >= 15 is 0 Å². The first-order valence-electron chi connectivity index (χ1n) is 11.6. The molecular formula is C27H26N3NaO4. The number of imidazole rings is 1. The maximum absolute atomic E-state index is 11.3. The Balaban J connectivity index is 0.00000152. The minimum Gasteiger partial charge on any atom is -1.00 e. The molecule has 4 aromatic rings. The summed E-state index contributed by atoms with van der Waals surface area (Å²) >= 11 is 0. The van der Waals surface area contributed by atoms with Crippen molar-refractivity contribution in [2.45, 2.75) is 32.4 Å². The molecule has 8 heteroatoms. The second kappa shape index (κ2) is 9.57. The number of hydrogen-bond acceptors (Lipinski definition) is 6. The predicted molar refractivity (Wildman–Crippen MR) is 130 cm³/mol. The van der Waals surface area contributed by atoms with Crippen molar-refractivity contribution in [1.29, 1.82) is 0 Å². The molecule has 0 radical (unpaired) electrons. The fourth-order valence-electron chi connectivity index (χ4n) is 4.88. The summed E-state index contributed by atoms with van der Waals surface area (Å²) in [5.74, 6) is 2.32. The van der Waals surface area contributed by atoms with Gasteiger partial charge in [-0.25, -0.2) is 4.98 Å². The summed E-state index contributed by atoms with van der Waals surface area (Å²) in [6.45, 7) is 4.40. The minimum absolute atomic E-state index is 0. The number of anilines is 1. The molecular weight excluding hydrogens is 453 g/mol. The SMILES string of the molecule is CCc1nc2ccccc2n1-c1cccc2c1OC[C@H]2Nc1ccc2c(c1)OC[C@H]2OC(C)=O.[H-].[Na+]. The van der Waals surface area contributed by atoms with Gasteiger partial charge in [-0.05, 0) is 30.3 Å². The first-order valence-corrected chi connectivity index (χ1v) is 11.6. The number of rotatable bonds is 5. The first kappa shape index (κ1) is 23.7. The summed E-state index contributed by atoms with van der Waals surface area (Å²) in [4.78, 5) is 16.2. The van der Waals surface area contributed by atoms with Crippen molar-refractivity contribution in [3.8, 4) is 17.2 Å². The molecule has 35 heavy (non-hydrogen) atoms. The number of esters is 1. The van der Waals surface area contributed by atoms with Gasteiger partial charge in [0.25, 0.3) is 0 Å². The van der Waals surface area contributed by atoms with E-state index < -0.39 is 0 Å². The summed E-state index contributed by atoms with van der Waals surface area (Å²) in [6, 6.07) is 20.4. The van der Waals surface area contributed by atoms with Crippen LogP contribution >= 0.6 is 0 Å². The van der Waals surface area contributed by atoms with E-state index in [-0.39, 0.29) is 49.1 Å². The number of aromatic nitrogens is 2. The van der Waals surface area contributed by atoms with Gasteiger partial charge in [0.05, 0.1) is 22.8 Å². The number of carbonyl (C=O) groups is 1. The topological polar surface area (TPSA) is 74.6 Å². The van der Waals surface area contributed by atoms with Crippen LogP contribution in [-0.2, 0) is 16.0 Å². The average molecular weight is 480 g/mol. The number of hydrogen-bond donors (Lipinski definition) is 1. The van der Waals surface area contributed by atoms with Gasteiger partial charge in [-0.2, -0.15) is 0 Å². The van der Waals surface area contributed by atoms with Gasteiger partial charge >= 0.3 is 35.5 Å². The molecule has 6 rings (SSSR count). The number of para-hydroxylation sites is 3. The molecule has 7 nitrogen and oxygen atoms in total. The van der Waals surface area contributed by atoms with Gasteiger partial charge < -0.3 is 21.0 Å². The van der Waals surface area contributed by atoms with Gasteiger partial charge in [-0.1, -0.05) is 31.2 Å². The Morgan fingerprint density at radius 1 is 1.11 bits per heavy atom. The van der Waals surface area contributed by atoms with Crippen LogP contribution in [0.5, 0.6) is 11.5 Å². The van der Waals surface area contributed by atoms with Crippen molar-refractivity contribution in [3.63, 3.8) is 0 Å². The average Bonchev–Trinajstić information content (AvgIpc) is 3.54. The van der Waals surface area contributed by atoms with Gasteiger partial charge in [0.1, 0.15) is 30.5 Å². The van der Waals surface area contributed by atoms with Crippen molar-refractivity contribution in [1.82, 2.24) is 9.55 Å². The molecule has 0 spiro atoms. The van der Waals surface area contributed by atoms with Gasteiger partial charge in [-0.15, -0.1) is 0 Å². The van der Waals surface area contributed by atoms with Crippen molar-refractivity contribution < 1.29 is 50.0 Å². The quantitative estimate of drug-likeness (QED) is 0.350. The molecule has 2 atom stereocenters. The third-order valence-corrected chi connectivity index (χ3v) is 6.38. The predicted octanol–water partition coefficient (Wildman–Crippen LogP) is 2.25. The van der Waals surface area contributed by atoms with Crippen LogP contribution in [0.1, 0.15) is 44.4 Å². The second-order valence-electron chi connectivity index (χ2n) is 8.57. The molecule has 2 aliphatic heterocycles. The molecule has 0 saturated heterocycles. The Hall–Kier alpha value is -3.00. The van der Waals surface area contributed by atoms with Crippen LogP contribution in [-0.4, -0.2) is 28.7 Å². The Labute approximate surface area is 227 Å². The molecule has 3 heterocycles. The van der Waals surface area contributed by atoms with E-state index in [1.165, 1.54) is 6.92 Å². The summed E-state index contributed by atoms with van der Waals surface area (Å²) in [5.41, 5.74) is 5.99. The second-order valence-corrected chi connectivity index (χ2v) is 8.57. The molecule has 1 N–H and O–H groups in total. The molecule has 0 bridgehead atoms. The van der Waals surface area contributed by atoms with Crippen LogP contribution < -0.4 is 44.3 Å². The summed E-state index contributed by atoms with van der Waals surface area (Å²) in [7, 11) is 0. The Morgan fingerprint density at radius 2 is 1.97 bits per heavy atom. The molecule has 0 unspecified atom stereocenters. The van der Waals surface area contributed by atoms with E-state index in [1.807, 2.05) is 36.4 Å². The van der Waals surface area contributed by atoms with Crippen LogP contribution in [0.3, 0.4) is 0 Å². The van der Waals surface area contributed by atoms with Gasteiger partial charge in [-0.3, -0.25) is 9.36 Å². The summed E-state index contributed by atoms with van der Waals surface area (Å²) < 4.78 is 19.5. The fraction of sp³-hybridized carbons (Fsp3) is 0.259. The number of nitrogens with zero attached hydrogens (tertiary/aromatic N) is 2. The summed E-state index contributed by atoms with van der Waals surface area (Å²) in [6.07, 6.45) is 0.473. The van der Waals surface area contributed by atoms with E-state index in [0.29, 0.717) is 13.2 Å². The minimum atomic E-state index is -0.350. The van der Waals surface area contributed by atoms with E-state index in [9.17, 15) is 4.79 Å². The zero-order valence-electron chi connectivity index (χ0n) is 21.1. The molecule has 2 aliphatic rings. The normalized spacial score (nSPS) is 17.7. The van der Waals surface area contributed by atoms with Crippen molar-refractivity contribution in [2.24, 2.45) is 0 Å². The fourth-order valence-corrected chi connectivity index (χ4v) is 4.88. The molecule has 0 saturated carbocycles. The standard InChI is InChI=1S/C27H25N3O4.Na.H/c1-3-26-29-20-8-4-5-9-22(20)30(26)23-10-6-7-18-21(14-33-27(18)23)28-17-11-12-19-24(13-17)32-15-25(19)34-16(2)31;;/h4-13,21,25,28H,3,14-15H2,1-2H3;;/q;+1;-1/t21-,25-;;/m1../s1. The molecule has 3 aromatic carbocycles. The number of ether oxygens (including phenoxy) is 3. The van der Waals surface area contributed by atoms with Crippen LogP contribution in [0.15, 0.2) is 60.7 Å². The first-order chi connectivity index (χ1) is 16.6. The van der Waals surface area contributed by atoms with E-state index in [2.05, 4.69) is 41.1 Å². The van der Waals surface area contributed by atoms with Gasteiger partial charge in [0.15, 0.2) is 6.10 Å². The smallest absolute Gasteiger partial charge is 1.00 e. The van der Waals surface area contributed by atoms with Gasteiger partial charge in [0, 0.05) is 36.2 Å². The molecule has 0 aliphatic carbocycles. The maximum atomic E-state index is 11.3. The van der Waals surface area contributed by atoms with Crippen LogP contribution in [0, 0.1) is 0 Å². The zero-order valence-corrected chi connectivity index (χ0v) is 22.1. The number of fused-ring (bicyclic) bond motifs is 3. The number of aryl methyl sites for hydroxylation is 1. The van der Waals surface area contributed by atoms with Gasteiger partial charge in [0.2, 0.25) is 0 Å². The van der Waals surface area contributed by atoms with E-state index in [1.54, 1.807) is 0 Å². The maximum Gasteiger partial charge on any atom is 1.00 e. The molecule has 174 valence electrons. The number of carbonyl (C=O) groups excluding carboxylic acids is 1. The molecule has 0 fully saturated rings. The third-order valence-electron chi connectivity index (χ3n) is 6.38. The number of benzene rings is 3. The summed E-state index contributed by atoms with van der Waals surface area (Å²) in [5, 5.41) is 3.58. The Bertz CT molecular complexity index is 1420. The molecule has 0 amide bonds. The largest absolute Gasteiger partial charge is 1.00 e. The zero-order chi connectivity index (χ0) is 23.2. The van der Waals surface area contributed by atoms with E-state index in [0.717, 1.165) is 57.3 Å². The van der Waals surface area contributed by atoms with Crippen LogP contribution in [0.25, 0.3) is 16.7 Å². The van der Waals surface area contributed by atoms with Crippen LogP contribution in [0.4, 0.5) is 5.69 Å². The van der Waals surface area contributed by atoms with Crippen molar-refractivity contribution >= 4 is 22.7 Å². The monoisotopic (exact) mass is 479 g/mol. The Morgan fingerprint density at radius 3 is 2.80 bits per heavy atom. The third kappa shape index (κ3) is 4.18. The number of nitrogens with one attached hydrogen (secondary N) is 1. The van der Waals surface area contributed by atoms with Crippen LogP contribution in [0.2, 0.25) is 0 Å². The molecule has 1 aromatic heterocycles. The van der Waals surface area contributed by atoms with Crippen molar-refractivity contribution in [3.05, 3.63) is 77.6 Å². The Kier molecular flexibility index (Phi) is 6.49. The van der Waals surface area contributed by atoms with Crippen molar-refractivity contribution in [2.75, 3.05) is 18.5 Å².